The second kappa shape index (κ2) is 9.11. The predicted octanol–water partition coefficient (Wildman–Crippen LogP) is 1.07. The summed E-state index contributed by atoms with van der Waals surface area (Å²) in [4.78, 5) is 23.4. The molecule has 2 rings (SSSR count). The molecular weight excluding hydrogens is 342 g/mol. The normalized spacial score (nSPS) is 10.4. The van der Waals surface area contributed by atoms with Crippen LogP contribution in [0.3, 0.4) is 0 Å². The van der Waals surface area contributed by atoms with E-state index >= 15 is 0 Å². The largest absolute Gasteiger partial charge is 0.493 e. The summed E-state index contributed by atoms with van der Waals surface area (Å²) < 4.78 is 20.7. The Morgan fingerprint density at radius 3 is 2.35 bits per heavy atom. The van der Waals surface area contributed by atoms with Crippen LogP contribution in [0.2, 0.25) is 0 Å². The topological polar surface area (TPSA) is 111 Å². The van der Waals surface area contributed by atoms with Crippen molar-refractivity contribution in [2.75, 3.05) is 21.3 Å². The Bertz CT molecular complexity index is 761. The van der Waals surface area contributed by atoms with Crippen LogP contribution in [0.5, 0.6) is 17.2 Å². The summed E-state index contributed by atoms with van der Waals surface area (Å²) in [6.07, 6.45) is 2.82. The van der Waals surface area contributed by atoms with Gasteiger partial charge in [-0.25, -0.2) is 5.43 Å². The molecule has 0 fully saturated rings. The van der Waals surface area contributed by atoms with Crippen LogP contribution in [0.4, 0.5) is 0 Å². The number of hydrogen-bond donors (Lipinski definition) is 2. The average molecular weight is 361 g/mol. The van der Waals surface area contributed by atoms with Crippen molar-refractivity contribution in [3.63, 3.8) is 0 Å². The van der Waals surface area contributed by atoms with Crippen molar-refractivity contribution in [3.05, 3.63) is 41.9 Å². The van der Waals surface area contributed by atoms with Crippen molar-refractivity contribution < 1.29 is 28.2 Å². The summed E-state index contributed by atoms with van der Waals surface area (Å²) in [5.74, 6) is 0.121. The molecule has 0 unspecified atom stereocenters. The fourth-order valence-electron chi connectivity index (χ4n) is 2.05. The van der Waals surface area contributed by atoms with E-state index < -0.39 is 11.8 Å². The van der Waals surface area contributed by atoms with Crippen LogP contribution in [0.15, 0.2) is 40.0 Å². The number of nitrogens with one attached hydrogen (secondary N) is 2. The molecule has 1 aromatic carbocycles. The second-order valence-electron chi connectivity index (χ2n) is 4.92. The van der Waals surface area contributed by atoms with E-state index in [1.807, 2.05) is 0 Å². The summed E-state index contributed by atoms with van der Waals surface area (Å²) in [6, 6.07) is 6.66. The lowest BCUT2D eigenvalue weighted by atomic mass is 10.2. The van der Waals surface area contributed by atoms with Gasteiger partial charge in [-0.3, -0.25) is 9.59 Å². The number of amides is 2. The maximum Gasteiger partial charge on any atom is 0.329 e. The molecule has 9 nitrogen and oxygen atoms in total. The van der Waals surface area contributed by atoms with Crippen LogP contribution in [0.1, 0.15) is 11.3 Å². The van der Waals surface area contributed by atoms with Gasteiger partial charge in [0, 0.05) is 5.56 Å². The molecule has 0 saturated heterocycles. The molecule has 0 bridgehead atoms. The maximum atomic E-state index is 11.7. The van der Waals surface area contributed by atoms with Crippen LogP contribution in [0.25, 0.3) is 0 Å². The summed E-state index contributed by atoms with van der Waals surface area (Å²) in [6.45, 7) is 0.107. The zero-order valence-electron chi connectivity index (χ0n) is 14.6. The Hall–Kier alpha value is -3.49. The number of hydrazone groups is 1. The number of benzene rings is 1. The van der Waals surface area contributed by atoms with Gasteiger partial charge in [-0.2, -0.15) is 5.10 Å². The first-order valence-corrected chi connectivity index (χ1v) is 7.52. The Kier molecular flexibility index (Phi) is 6.60. The highest BCUT2D eigenvalue weighted by atomic mass is 16.5. The van der Waals surface area contributed by atoms with Crippen molar-refractivity contribution in [1.82, 2.24) is 10.7 Å². The number of carbonyl (C=O) groups is 2. The first-order chi connectivity index (χ1) is 12.6. The molecule has 0 saturated carbocycles. The third-order valence-electron chi connectivity index (χ3n) is 3.28. The smallest absolute Gasteiger partial charge is 0.329 e. The van der Waals surface area contributed by atoms with Gasteiger partial charge in [0.15, 0.2) is 11.5 Å². The van der Waals surface area contributed by atoms with Crippen LogP contribution in [-0.4, -0.2) is 39.4 Å². The number of methoxy groups -OCH3 is 3. The molecule has 0 aliphatic rings. The Balaban J connectivity index is 1.96. The predicted molar refractivity (Wildman–Crippen MR) is 92.4 cm³/mol. The number of furan rings is 1. The van der Waals surface area contributed by atoms with Gasteiger partial charge in [0.1, 0.15) is 5.76 Å². The molecule has 1 heterocycles. The third kappa shape index (κ3) is 4.76. The minimum Gasteiger partial charge on any atom is -0.493 e. The van der Waals surface area contributed by atoms with E-state index in [0.29, 0.717) is 28.6 Å². The van der Waals surface area contributed by atoms with Crippen molar-refractivity contribution in [1.29, 1.82) is 0 Å². The second-order valence-corrected chi connectivity index (χ2v) is 4.92. The van der Waals surface area contributed by atoms with Crippen molar-refractivity contribution in [3.8, 4) is 17.2 Å². The summed E-state index contributed by atoms with van der Waals surface area (Å²) in [5.41, 5.74) is 2.72. The van der Waals surface area contributed by atoms with Gasteiger partial charge >= 0.3 is 11.8 Å². The van der Waals surface area contributed by atoms with Crippen LogP contribution >= 0.6 is 0 Å². The summed E-state index contributed by atoms with van der Waals surface area (Å²) >= 11 is 0. The summed E-state index contributed by atoms with van der Waals surface area (Å²) in [5, 5.41) is 6.16. The molecule has 1 aromatic heterocycles. The molecule has 26 heavy (non-hydrogen) atoms. The van der Waals surface area contributed by atoms with Gasteiger partial charge in [-0.15, -0.1) is 0 Å². The van der Waals surface area contributed by atoms with Crippen LogP contribution < -0.4 is 25.0 Å². The molecule has 2 amide bonds. The van der Waals surface area contributed by atoms with E-state index in [1.54, 1.807) is 24.3 Å². The zero-order chi connectivity index (χ0) is 18.9. The SMILES string of the molecule is COc1cc(/C=N\NC(=O)C(=O)NCc2ccco2)cc(OC)c1OC. The van der Waals surface area contributed by atoms with E-state index in [9.17, 15) is 9.59 Å². The van der Waals surface area contributed by atoms with E-state index in [1.165, 1.54) is 33.8 Å². The molecule has 0 aliphatic heterocycles. The highest BCUT2D eigenvalue weighted by Gasteiger charge is 2.14. The standard InChI is InChI=1S/C17H19N3O6/c1-23-13-7-11(8-14(24-2)15(13)25-3)9-19-20-17(22)16(21)18-10-12-5-4-6-26-12/h4-9H,10H2,1-3H3,(H,18,21)(H,20,22)/b19-9-. The summed E-state index contributed by atoms with van der Waals surface area (Å²) in [7, 11) is 4.47. The van der Waals surface area contributed by atoms with E-state index in [0.717, 1.165) is 0 Å². The molecule has 9 heteroatoms. The minimum absolute atomic E-state index is 0.107. The first kappa shape index (κ1) is 18.8. The molecule has 138 valence electrons. The van der Waals surface area contributed by atoms with E-state index in [4.69, 9.17) is 18.6 Å². The fraction of sp³-hybridized carbons (Fsp3) is 0.235. The van der Waals surface area contributed by atoms with Crippen LogP contribution in [0, 0.1) is 0 Å². The molecule has 0 radical (unpaired) electrons. The number of hydrogen-bond acceptors (Lipinski definition) is 7. The zero-order valence-corrected chi connectivity index (χ0v) is 14.6. The lowest BCUT2D eigenvalue weighted by Crippen LogP contribution is -2.37. The van der Waals surface area contributed by atoms with Gasteiger partial charge in [0.05, 0.1) is 40.4 Å². The quantitative estimate of drug-likeness (QED) is 0.433. The Morgan fingerprint density at radius 2 is 1.81 bits per heavy atom. The van der Waals surface area contributed by atoms with Gasteiger partial charge in [-0.05, 0) is 24.3 Å². The molecule has 0 spiro atoms. The highest BCUT2D eigenvalue weighted by molar-refractivity contribution is 6.35. The molecular formula is C17H19N3O6. The van der Waals surface area contributed by atoms with Gasteiger partial charge < -0.3 is 23.9 Å². The highest BCUT2D eigenvalue weighted by Crippen LogP contribution is 2.37. The van der Waals surface area contributed by atoms with E-state index in [-0.39, 0.29) is 6.54 Å². The minimum atomic E-state index is -0.903. The Morgan fingerprint density at radius 1 is 1.12 bits per heavy atom. The molecule has 2 N–H and O–H groups in total. The van der Waals surface area contributed by atoms with Gasteiger partial charge in [-0.1, -0.05) is 0 Å². The maximum absolute atomic E-state index is 11.7. The third-order valence-corrected chi connectivity index (χ3v) is 3.28. The van der Waals surface area contributed by atoms with Crippen molar-refractivity contribution in [2.45, 2.75) is 6.54 Å². The molecule has 2 aromatic rings. The number of ether oxygens (including phenoxy) is 3. The monoisotopic (exact) mass is 361 g/mol. The molecule has 0 atom stereocenters. The van der Waals surface area contributed by atoms with E-state index in [2.05, 4.69) is 15.8 Å². The van der Waals surface area contributed by atoms with Gasteiger partial charge in [0.25, 0.3) is 0 Å². The fourth-order valence-corrected chi connectivity index (χ4v) is 2.05. The van der Waals surface area contributed by atoms with Crippen molar-refractivity contribution >= 4 is 18.0 Å². The lowest BCUT2D eigenvalue weighted by molar-refractivity contribution is -0.139. The first-order valence-electron chi connectivity index (χ1n) is 7.52. The number of carbonyl (C=O) groups excluding carboxylic acids is 2. The van der Waals surface area contributed by atoms with Crippen LogP contribution in [-0.2, 0) is 16.1 Å². The Labute approximate surface area is 149 Å². The lowest BCUT2D eigenvalue weighted by Gasteiger charge is -2.12. The number of nitrogens with zero attached hydrogens (tertiary/aromatic N) is 1. The number of rotatable bonds is 7. The molecule has 0 aliphatic carbocycles. The average Bonchev–Trinajstić information content (AvgIpc) is 3.18. The van der Waals surface area contributed by atoms with Gasteiger partial charge in [0.2, 0.25) is 5.75 Å². The van der Waals surface area contributed by atoms with Crippen molar-refractivity contribution in [2.24, 2.45) is 5.10 Å².